The quantitative estimate of drug-likeness (QED) is 0.383. The maximum atomic E-state index is 10.4. The van der Waals surface area contributed by atoms with E-state index in [9.17, 15) is 25.5 Å². The van der Waals surface area contributed by atoms with Gasteiger partial charge in [0.1, 0.15) is 36.6 Å². The zero-order valence-corrected chi connectivity index (χ0v) is 16.5. The second kappa shape index (κ2) is 9.43. The van der Waals surface area contributed by atoms with E-state index in [0.717, 1.165) is 0 Å². The van der Waals surface area contributed by atoms with Gasteiger partial charge in [-0.05, 0) is 18.8 Å². The number of hydrogen-bond donors (Lipinski definition) is 5. The summed E-state index contributed by atoms with van der Waals surface area (Å²) in [5, 5.41) is 50.3. The van der Waals surface area contributed by atoms with Gasteiger partial charge in [-0.3, -0.25) is 0 Å². The van der Waals surface area contributed by atoms with Gasteiger partial charge in [-0.15, -0.1) is 0 Å². The van der Waals surface area contributed by atoms with Crippen LogP contribution in [-0.2, 0) is 18.9 Å². The van der Waals surface area contributed by atoms with Gasteiger partial charge in [0.15, 0.2) is 12.6 Å². The molecule has 0 amide bonds. The molecule has 2 aliphatic rings. The molecule has 2 rings (SSSR count). The first-order valence-corrected chi connectivity index (χ1v) is 9.52. The van der Waals surface area contributed by atoms with Crippen LogP contribution in [0, 0.1) is 11.8 Å². The van der Waals surface area contributed by atoms with Crippen molar-refractivity contribution in [2.45, 2.75) is 96.0 Å². The van der Waals surface area contributed by atoms with E-state index in [2.05, 4.69) is 0 Å². The molecule has 0 aromatic heterocycles. The summed E-state index contributed by atoms with van der Waals surface area (Å²) in [6.45, 7) is 9.41. The topological polar surface area (TPSA) is 138 Å². The average molecular weight is 394 g/mol. The molecule has 27 heavy (non-hydrogen) atoms. The van der Waals surface area contributed by atoms with Crippen LogP contribution < -0.4 is 0 Å². The molecule has 160 valence electrons. The Morgan fingerprint density at radius 1 is 0.815 bits per heavy atom. The van der Waals surface area contributed by atoms with Crippen molar-refractivity contribution in [2.75, 3.05) is 6.61 Å². The third kappa shape index (κ3) is 5.17. The third-order valence-corrected chi connectivity index (χ3v) is 5.14. The number of aliphatic hydroxyl groups is 5. The summed E-state index contributed by atoms with van der Waals surface area (Å²) in [4.78, 5) is 0. The van der Waals surface area contributed by atoms with Gasteiger partial charge in [0, 0.05) is 0 Å². The van der Waals surface area contributed by atoms with Crippen molar-refractivity contribution in [2.24, 2.45) is 11.8 Å². The Morgan fingerprint density at radius 2 is 1.41 bits per heavy atom. The van der Waals surface area contributed by atoms with Gasteiger partial charge in [-0.1, -0.05) is 27.7 Å². The van der Waals surface area contributed by atoms with Crippen LogP contribution in [0.15, 0.2) is 0 Å². The molecule has 0 bridgehead atoms. The molecule has 0 radical (unpaired) electrons. The first kappa shape index (κ1) is 22.9. The van der Waals surface area contributed by atoms with Crippen molar-refractivity contribution >= 4 is 0 Å². The highest BCUT2D eigenvalue weighted by molar-refractivity contribution is 4.90. The van der Waals surface area contributed by atoms with Gasteiger partial charge < -0.3 is 44.5 Å². The molecule has 9 heteroatoms. The molecule has 9 atom stereocenters. The number of ether oxygens (including phenoxy) is 4. The molecule has 0 saturated carbocycles. The summed E-state index contributed by atoms with van der Waals surface area (Å²) in [5.41, 5.74) is 0. The molecule has 0 aliphatic carbocycles. The smallest absolute Gasteiger partial charge is 0.187 e. The monoisotopic (exact) mass is 394 g/mol. The lowest BCUT2D eigenvalue weighted by Crippen LogP contribution is -2.62. The van der Waals surface area contributed by atoms with Crippen LogP contribution in [0.1, 0.15) is 34.6 Å². The molecule has 0 aromatic rings. The van der Waals surface area contributed by atoms with Crippen LogP contribution in [0.4, 0.5) is 0 Å². The van der Waals surface area contributed by atoms with Gasteiger partial charge in [0.2, 0.25) is 0 Å². The summed E-state index contributed by atoms with van der Waals surface area (Å²) in [6.07, 6.45) is -11.2. The van der Waals surface area contributed by atoms with Gasteiger partial charge >= 0.3 is 0 Å². The second-order valence-electron chi connectivity index (χ2n) is 8.13. The molecular weight excluding hydrogens is 360 g/mol. The highest BCUT2D eigenvalue weighted by Gasteiger charge is 2.48. The van der Waals surface area contributed by atoms with E-state index < -0.39 is 55.3 Å². The Bertz CT molecular complexity index is 452. The number of hydrogen-bond acceptors (Lipinski definition) is 9. The van der Waals surface area contributed by atoms with E-state index in [1.54, 1.807) is 0 Å². The Morgan fingerprint density at radius 3 is 1.96 bits per heavy atom. The first-order valence-electron chi connectivity index (χ1n) is 9.52. The second-order valence-corrected chi connectivity index (χ2v) is 8.13. The Balaban J connectivity index is 2.15. The van der Waals surface area contributed by atoms with E-state index in [-0.39, 0.29) is 24.5 Å². The normalized spacial score (nSPS) is 43.7. The highest BCUT2D eigenvalue weighted by atomic mass is 16.8. The molecular formula is C18H34O9. The average Bonchev–Trinajstić information content (AvgIpc) is 2.60. The lowest BCUT2D eigenvalue weighted by Gasteiger charge is -2.45. The summed E-state index contributed by atoms with van der Waals surface area (Å²) in [7, 11) is 0. The molecule has 2 heterocycles. The molecule has 2 saturated heterocycles. The largest absolute Gasteiger partial charge is 0.388 e. The standard InChI is InChI=1S/C18H34O9/c1-7(2)15(8(3)4)26-18-16(12(21)10(19)6-24-18)27-17-14(23)13(22)11(20)9(5)25-17/h7-23H,6H2,1-5H3/t9-,10-,11-,12-,13+,14+,16+,17-,18-/m0/s1. The minimum atomic E-state index is -1.53. The molecule has 0 spiro atoms. The van der Waals surface area contributed by atoms with Gasteiger partial charge in [-0.2, -0.15) is 0 Å². The van der Waals surface area contributed by atoms with Crippen LogP contribution >= 0.6 is 0 Å². The number of aliphatic hydroxyl groups excluding tert-OH is 5. The Labute approximate surface area is 159 Å². The lowest BCUT2D eigenvalue weighted by atomic mass is 9.95. The van der Waals surface area contributed by atoms with Gasteiger partial charge in [0.05, 0.1) is 18.8 Å². The maximum Gasteiger partial charge on any atom is 0.187 e. The van der Waals surface area contributed by atoms with Crippen molar-refractivity contribution in [1.29, 1.82) is 0 Å². The predicted octanol–water partition coefficient (Wildman–Crippen LogP) is -1.03. The van der Waals surface area contributed by atoms with E-state index in [4.69, 9.17) is 18.9 Å². The Hall–Kier alpha value is -0.360. The molecule has 0 aromatic carbocycles. The molecule has 9 nitrogen and oxygen atoms in total. The summed E-state index contributed by atoms with van der Waals surface area (Å²) < 4.78 is 22.7. The fourth-order valence-corrected chi connectivity index (χ4v) is 3.55. The number of rotatable bonds is 6. The maximum absolute atomic E-state index is 10.4. The predicted molar refractivity (Wildman–Crippen MR) is 93.5 cm³/mol. The Kier molecular flexibility index (Phi) is 8.00. The van der Waals surface area contributed by atoms with Gasteiger partial charge in [0.25, 0.3) is 0 Å². The zero-order valence-electron chi connectivity index (χ0n) is 16.5. The van der Waals surface area contributed by atoms with Crippen LogP contribution in [-0.4, -0.2) is 93.6 Å². The van der Waals surface area contributed by atoms with E-state index in [1.165, 1.54) is 6.92 Å². The fourth-order valence-electron chi connectivity index (χ4n) is 3.55. The fraction of sp³-hybridized carbons (Fsp3) is 1.00. The summed E-state index contributed by atoms with van der Waals surface area (Å²) in [5.74, 6) is 0.346. The lowest BCUT2D eigenvalue weighted by molar-refractivity contribution is -0.360. The zero-order chi connectivity index (χ0) is 20.5. The van der Waals surface area contributed by atoms with Crippen molar-refractivity contribution in [3.05, 3.63) is 0 Å². The summed E-state index contributed by atoms with van der Waals surface area (Å²) >= 11 is 0. The third-order valence-electron chi connectivity index (χ3n) is 5.14. The minimum absolute atomic E-state index is 0.125. The summed E-state index contributed by atoms with van der Waals surface area (Å²) in [6, 6.07) is 0. The van der Waals surface area contributed by atoms with Crippen molar-refractivity contribution in [3.63, 3.8) is 0 Å². The van der Waals surface area contributed by atoms with E-state index in [0.29, 0.717) is 0 Å². The first-order chi connectivity index (χ1) is 12.5. The van der Waals surface area contributed by atoms with E-state index in [1.807, 2.05) is 27.7 Å². The van der Waals surface area contributed by atoms with Crippen LogP contribution in [0.2, 0.25) is 0 Å². The van der Waals surface area contributed by atoms with Crippen molar-refractivity contribution in [3.8, 4) is 0 Å². The molecule has 0 unspecified atom stereocenters. The SMILES string of the molecule is CC(C)C(O[C@@H]1OC[C@H](O)[C@H](O)[C@H]1O[C@@H]1O[C@@H](C)[C@H](O)[C@@H](O)[C@H]1O)C(C)C. The molecule has 2 aliphatic heterocycles. The van der Waals surface area contributed by atoms with Crippen LogP contribution in [0.3, 0.4) is 0 Å². The minimum Gasteiger partial charge on any atom is -0.388 e. The molecule has 5 N–H and O–H groups in total. The van der Waals surface area contributed by atoms with Crippen LogP contribution in [0.5, 0.6) is 0 Å². The molecule has 2 fully saturated rings. The van der Waals surface area contributed by atoms with E-state index >= 15 is 0 Å². The van der Waals surface area contributed by atoms with Crippen LogP contribution in [0.25, 0.3) is 0 Å². The van der Waals surface area contributed by atoms with Gasteiger partial charge in [-0.25, -0.2) is 0 Å². The van der Waals surface area contributed by atoms with Crippen molar-refractivity contribution in [1.82, 2.24) is 0 Å². The van der Waals surface area contributed by atoms with Crippen molar-refractivity contribution < 1.29 is 44.5 Å². The highest BCUT2D eigenvalue weighted by Crippen LogP contribution is 2.29.